The van der Waals surface area contributed by atoms with E-state index in [1.54, 1.807) is 32.3 Å². The number of aromatic nitrogens is 1. The number of hydrogen-bond donors (Lipinski definition) is 3. The Morgan fingerprint density at radius 3 is 2.10 bits per heavy atom. The fraction of sp³-hybridized carbons (Fsp3) is 0.643. The molecule has 13 heteroatoms. The van der Waals surface area contributed by atoms with Crippen LogP contribution < -0.4 is 9.44 Å². The molecule has 1 heterocycles. The number of nitrogens with zero attached hydrogens (tertiary/aromatic N) is 1. The van der Waals surface area contributed by atoms with Crippen LogP contribution >= 0.6 is 0 Å². The highest BCUT2D eigenvalue weighted by Crippen LogP contribution is 2.39. The second-order valence-electron chi connectivity index (χ2n) is 12.3. The topological polar surface area (TPSA) is 118 Å². The van der Waals surface area contributed by atoms with E-state index in [-0.39, 0.29) is 28.6 Å². The highest BCUT2D eigenvalue weighted by atomic mass is 32.2. The van der Waals surface area contributed by atoms with Crippen molar-refractivity contribution in [1.82, 2.24) is 14.0 Å². The molecule has 8 nitrogen and oxygen atoms in total. The Morgan fingerprint density at radius 1 is 0.951 bits per heavy atom. The maximum atomic E-state index is 14.3. The summed E-state index contributed by atoms with van der Waals surface area (Å²) in [6, 6.07) is 4.32. The Bertz CT molecular complexity index is 1450. The van der Waals surface area contributed by atoms with E-state index in [0.29, 0.717) is 18.7 Å². The third-order valence-corrected chi connectivity index (χ3v) is 10.9. The van der Waals surface area contributed by atoms with Crippen LogP contribution in [0.25, 0.3) is 11.3 Å². The van der Waals surface area contributed by atoms with Gasteiger partial charge in [-0.1, -0.05) is 32.3 Å². The van der Waals surface area contributed by atoms with Crippen LogP contribution in [0.4, 0.5) is 13.2 Å². The standard InChI is InChI=1S/C28H42F3N3O5S2/c1-7-26(3,4)33-41(38,39)24-14-13-21(15-22(24)28(29,30)31)23-16-25(40(36,37)32-18-27(5,6)35)19(2)34(23)17-20-11-9-8-10-12-20/h13-16,20,32-33,35H,7-12,17-18H2,1-6H3. The molecule has 1 fully saturated rings. The minimum Gasteiger partial charge on any atom is -0.389 e. The van der Waals surface area contributed by atoms with Crippen molar-refractivity contribution < 1.29 is 35.1 Å². The van der Waals surface area contributed by atoms with Gasteiger partial charge in [-0.25, -0.2) is 26.3 Å². The van der Waals surface area contributed by atoms with E-state index in [0.717, 1.165) is 44.2 Å². The molecular formula is C28H42F3N3O5S2. The number of halogens is 3. The molecule has 41 heavy (non-hydrogen) atoms. The molecule has 0 spiro atoms. The molecule has 0 unspecified atom stereocenters. The van der Waals surface area contributed by atoms with Crippen molar-refractivity contribution in [2.75, 3.05) is 6.54 Å². The lowest BCUT2D eigenvalue weighted by molar-refractivity contribution is -0.139. The molecule has 1 aromatic heterocycles. The van der Waals surface area contributed by atoms with Crippen LogP contribution in [-0.4, -0.2) is 44.2 Å². The van der Waals surface area contributed by atoms with Crippen LogP contribution in [0.1, 0.15) is 84.4 Å². The molecular weight excluding hydrogens is 579 g/mol. The van der Waals surface area contributed by atoms with Crippen LogP contribution in [0.15, 0.2) is 34.1 Å². The number of alkyl halides is 3. The maximum Gasteiger partial charge on any atom is 0.417 e. The normalized spacial score (nSPS) is 16.3. The highest BCUT2D eigenvalue weighted by Gasteiger charge is 2.39. The van der Waals surface area contributed by atoms with E-state index in [4.69, 9.17) is 0 Å². The summed E-state index contributed by atoms with van der Waals surface area (Å²) in [7, 11) is -8.66. The summed E-state index contributed by atoms with van der Waals surface area (Å²) in [5, 5.41) is 10.0. The Kier molecular flexibility index (Phi) is 9.81. The highest BCUT2D eigenvalue weighted by molar-refractivity contribution is 7.89. The fourth-order valence-electron chi connectivity index (χ4n) is 4.98. The van der Waals surface area contributed by atoms with Gasteiger partial charge >= 0.3 is 6.18 Å². The second kappa shape index (κ2) is 12.0. The van der Waals surface area contributed by atoms with E-state index in [2.05, 4.69) is 9.44 Å². The summed E-state index contributed by atoms with van der Waals surface area (Å²) < 4.78 is 102. The first-order valence-electron chi connectivity index (χ1n) is 13.8. The molecule has 0 saturated heterocycles. The van der Waals surface area contributed by atoms with Gasteiger partial charge < -0.3 is 9.67 Å². The predicted molar refractivity (Wildman–Crippen MR) is 152 cm³/mol. The molecule has 3 rings (SSSR count). The molecule has 1 aromatic carbocycles. The lowest BCUT2D eigenvalue weighted by Crippen LogP contribution is -2.43. The van der Waals surface area contributed by atoms with Crippen molar-refractivity contribution in [3.63, 3.8) is 0 Å². The molecule has 0 atom stereocenters. The van der Waals surface area contributed by atoms with Gasteiger partial charge in [-0.2, -0.15) is 13.2 Å². The zero-order chi connectivity index (χ0) is 31.0. The monoisotopic (exact) mass is 621 g/mol. The van der Waals surface area contributed by atoms with Crippen LogP contribution in [0.3, 0.4) is 0 Å². The molecule has 232 valence electrons. The van der Waals surface area contributed by atoms with Crippen molar-refractivity contribution >= 4 is 20.0 Å². The van der Waals surface area contributed by atoms with Crippen LogP contribution in [0, 0.1) is 12.8 Å². The summed E-state index contributed by atoms with van der Waals surface area (Å²) in [6.07, 6.45) is 0.338. The lowest BCUT2D eigenvalue weighted by Gasteiger charge is -2.26. The smallest absolute Gasteiger partial charge is 0.389 e. The second-order valence-corrected chi connectivity index (χ2v) is 15.7. The Hall–Kier alpha value is -1.93. The van der Waals surface area contributed by atoms with Gasteiger partial charge in [0.1, 0.15) is 4.90 Å². The van der Waals surface area contributed by atoms with Gasteiger partial charge in [0, 0.05) is 30.0 Å². The summed E-state index contributed by atoms with van der Waals surface area (Å²) in [4.78, 5) is -0.999. The van der Waals surface area contributed by atoms with Crippen molar-refractivity contribution in [1.29, 1.82) is 0 Å². The number of sulfonamides is 2. The minimum absolute atomic E-state index is 0.0499. The van der Waals surface area contributed by atoms with Crippen LogP contribution in [-0.2, 0) is 32.8 Å². The summed E-state index contributed by atoms with van der Waals surface area (Å²) in [5.74, 6) is 0.218. The zero-order valence-corrected chi connectivity index (χ0v) is 26.2. The van der Waals surface area contributed by atoms with Crippen molar-refractivity contribution in [3.8, 4) is 11.3 Å². The van der Waals surface area contributed by atoms with Crippen LogP contribution in [0.2, 0.25) is 0 Å². The van der Waals surface area contributed by atoms with Gasteiger partial charge in [-0.05, 0) is 83.6 Å². The average Bonchev–Trinajstić information content (AvgIpc) is 3.18. The van der Waals surface area contributed by atoms with Crippen molar-refractivity contribution in [2.45, 2.75) is 114 Å². The Morgan fingerprint density at radius 2 is 1.56 bits per heavy atom. The minimum atomic E-state index is -4.99. The van der Waals surface area contributed by atoms with Crippen molar-refractivity contribution in [3.05, 3.63) is 35.5 Å². The van der Waals surface area contributed by atoms with Gasteiger partial charge in [0.15, 0.2) is 0 Å². The van der Waals surface area contributed by atoms with Crippen molar-refractivity contribution in [2.24, 2.45) is 5.92 Å². The van der Waals surface area contributed by atoms with E-state index >= 15 is 0 Å². The maximum absolute atomic E-state index is 14.3. The Balaban J connectivity index is 2.20. The first kappa shape index (κ1) is 33.6. The summed E-state index contributed by atoms with van der Waals surface area (Å²) >= 11 is 0. The molecule has 1 aliphatic carbocycles. The molecule has 1 aliphatic rings. The quantitative estimate of drug-likeness (QED) is 0.303. The molecule has 2 aromatic rings. The first-order valence-corrected chi connectivity index (χ1v) is 16.8. The number of benzene rings is 1. The molecule has 0 amide bonds. The van der Waals surface area contributed by atoms with Gasteiger partial charge in [0.2, 0.25) is 20.0 Å². The largest absolute Gasteiger partial charge is 0.417 e. The molecule has 0 aliphatic heterocycles. The van der Waals surface area contributed by atoms with Gasteiger partial charge in [-0.3, -0.25) is 0 Å². The third-order valence-electron chi connectivity index (χ3n) is 7.63. The van der Waals surface area contributed by atoms with E-state index in [9.17, 15) is 35.1 Å². The van der Waals surface area contributed by atoms with Crippen LogP contribution in [0.5, 0.6) is 0 Å². The van der Waals surface area contributed by atoms with E-state index < -0.39 is 47.8 Å². The van der Waals surface area contributed by atoms with Gasteiger partial charge in [0.25, 0.3) is 0 Å². The van der Waals surface area contributed by atoms with Gasteiger partial charge in [0.05, 0.1) is 16.1 Å². The van der Waals surface area contributed by atoms with Gasteiger partial charge in [-0.15, -0.1) is 0 Å². The lowest BCUT2D eigenvalue weighted by atomic mass is 9.89. The Labute approximate surface area is 241 Å². The first-order chi connectivity index (χ1) is 18.7. The number of aliphatic hydroxyl groups is 1. The number of rotatable bonds is 11. The zero-order valence-electron chi connectivity index (χ0n) is 24.5. The molecule has 0 bridgehead atoms. The molecule has 0 radical (unpaired) electrons. The average molecular weight is 622 g/mol. The summed E-state index contributed by atoms with van der Waals surface area (Å²) in [5.41, 5.74) is -2.97. The SMILES string of the molecule is CCC(C)(C)NS(=O)(=O)c1ccc(-c2cc(S(=O)(=O)NCC(C)(C)O)c(C)n2CC2CCCCC2)cc1C(F)(F)F. The fourth-order valence-corrected chi connectivity index (χ4v) is 8.14. The molecule has 3 N–H and O–H groups in total. The van der Waals surface area contributed by atoms with E-state index in [1.165, 1.54) is 26.0 Å². The molecule has 1 saturated carbocycles. The summed E-state index contributed by atoms with van der Waals surface area (Å²) in [6.45, 7) is 9.55. The number of nitrogens with one attached hydrogen (secondary N) is 2. The number of hydrogen-bond acceptors (Lipinski definition) is 5. The predicted octanol–water partition coefficient (Wildman–Crippen LogP) is 5.58. The third kappa shape index (κ3) is 8.34. The van der Waals surface area contributed by atoms with E-state index in [1.807, 2.05) is 0 Å².